The second-order valence-electron chi connectivity index (χ2n) is 4.35. The molecule has 1 unspecified atom stereocenters. The highest BCUT2D eigenvalue weighted by Gasteiger charge is 2.22. The Labute approximate surface area is 108 Å². The number of hydrogen-bond acceptors (Lipinski definition) is 4. The molecule has 0 aliphatic rings. The molecule has 17 heavy (non-hydrogen) atoms. The second-order valence-corrected chi connectivity index (χ2v) is 4.71. The van der Waals surface area contributed by atoms with Crippen molar-refractivity contribution in [3.8, 4) is 0 Å². The van der Waals surface area contributed by atoms with E-state index in [4.69, 9.17) is 4.74 Å². The summed E-state index contributed by atoms with van der Waals surface area (Å²) in [6.07, 6.45) is 0. The van der Waals surface area contributed by atoms with E-state index < -0.39 is 11.6 Å². The summed E-state index contributed by atoms with van der Waals surface area (Å²) in [5.41, 5.74) is -0.415. The lowest BCUT2D eigenvalue weighted by Crippen LogP contribution is -2.50. The Morgan fingerprint density at radius 3 is 2.41 bits per heavy atom. The molecule has 6 heteroatoms. The van der Waals surface area contributed by atoms with Gasteiger partial charge in [-0.3, -0.25) is 9.59 Å². The first-order valence-corrected chi connectivity index (χ1v) is 6.25. The van der Waals surface area contributed by atoms with Gasteiger partial charge in [-0.05, 0) is 20.8 Å². The first kappa shape index (κ1) is 16.2. The minimum atomic E-state index is -0.603. The van der Waals surface area contributed by atoms with Crippen LogP contribution < -0.4 is 10.6 Å². The van der Waals surface area contributed by atoms with Crippen LogP contribution in [0.1, 0.15) is 27.7 Å². The van der Waals surface area contributed by atoms with Gasteiger partial charge in [-0.15, -0.1) is 0 Å². The lowest BCUT2D eigenvalue weighted by atomic mass is 10.1. The second kappa shape index (κ2) is 7.55. The third kappa shape index (κ3) is 7.23. The van der Waals surface area contributed by atoms with Crippen LogP contribution in [0.5, 0.6) is 0 Å². The molecule has 0 bridgehead atoms. The summed E-state index contributed by atoms with van der Waals surface area (Å²) >= 11 is 4.03. The molecule has 5 nitrogen and oxygen atoms in total. The predicted molar refractivity (Wildman–Crippen MR) is 70.2 cm³/mol. The predicted octanol–water partition coefficient (Wildman–Crippen LogP) is 0.352. The summed E-state index contributed by atoms with van der Waals surface area (Å²) in [7, 11) is 0. The van der Waals surface area contributed by atoms with Gasteiger partial charge in [-0.25, -0.2) is 0 Å². The van der Waals surface area contributed by atoms with Gasteiger partial charge in [0.1, 0.15) is 6.04 Å². The van der Waals surface area contributed by atoms with Crippen LogP contribution in [0.4, 0.5) is 0 Å². The molecule has 0 aromatic carbocycles. The molecule has 0 spiro atoms. The van der Waals surface area contributed by atoms with Gasteiger partial charge < -0.3 is 15.4 Å². The fourth-order valence-electron chi connectivity index (χ4n) is 1.30. The minimum absolute atomic E-state index is 0.247. The largest absolute Gasteiger partial charge is 0.374 e. The van der Waals surface area contributed by atoms with E-state index in [2.05, 4.69) is 23.3 Å². The summed E-state index contributed by atoms with van der Waals surface area (Å²) in [4.78, 5) is 22.6. The van der Waals surface area contributed by atoms with Crippen LogP contribution in [-0.4, -0.2) is 42.4 Å². The SMILES string of the molecule is CCOC(C)(C)CNC(=O)C(CS)NC(C)=O. The van der Waals surface area contributed by atoms with Crippen LogP contribution in [0.2, 0.25) is 0 Å². The molecule has 0 fully saturated rings. The quantitative estimate of drug-likeness (QED) is 0.580. The molecule has 0 aromatic rings. The Bertz CT molecular complexity index is 269. The number of amides is 2. The van der Waals surface area contributed by atoms with E-state index in [0.717, 1.165) is 0 Å². The first-order valence-electron chi connectivity index (χ1n) is 5.62. The third-order valence-corrected chi connectivity index (χ3v) is 2.47. The lowest BCUT2D eigenvalue weighted by Gasteiger charge is -2.26. The van der Waals surface area contributed by atoms with Crippen molar-refractivity contribution in [3.05, 3.63) is 0 Å². The summed E-state index contributed by atoms with van der Waals surface area (Å²) in [6, 6.07) is -0.603. The van der Waals surface area contributed by atoms with Gasteiger partial charge in [-0.1, -0.05) is 0 Å². The van der Waals surface area contributed by atoms with Crippen molar-refractivity contribution in [2.45, 2.75) is 39.3 Å². The first-order chi connectivity index (χ1) is 7.82. The smallest absolute Gasteiger partial charge is 0.243 e. The van der Waals surface area contributed by atoms with Gasteiger partial charge >= 0.3 is 0 Å². The van der Waals surface area contributed by atoms with Crippen molar-refractivity contribution in [3.63, 3.8) is 0 Å². The van der Waals surface area contributed by atoms with Crippen molar-refractivity contribution in [1.29, 1.82) is 0 Å². The van der Waals surface area contributed by atoms with Gasteiger partial charge in [0, 0.05) is 25.8 Å². The van der Waals surface area contributed by atoms with Crippen LogP contribution >= 0.6 is 12.6 Å². The van der Waals surface area contributed by atoms with Crippen molar-refractivity contribution < 1.29 is 14.3 Å². The molecule has 0 saturated heterocycles. The van der Waals surface area contributed by atoms with Crippen molar-refractivity contribution in [1.82, 2.24) is 10.6 Å². The van der Waals surface area contributed by atoms with Gasteiger partial charge in [0.05, 0.1) is 5.60 Å². The van der Waals surface area contributed by atoms with Crippen LogP contribution in [0, 0.1) is 0 Å². The van der Waals surface area contributed by atoms with E-state index in [1.807, 2.05) is 20.8 Å². The number of carbonyl (C=O) groups excluding carboxylic acids is 2. The molecule has 0 saturated carbocycles. The molecule has 0 radical (unpaired) electrons. The van der Waals surface area contributed by atoms with Gasteiger partial charge in [-0.2, -0.15) is 12.6 Å². The highest BCUT2D eigenvalue weighted by molar-refractivity contribution is 7.80. The maximum atomic E-state index is 11.7. The zero-order valence-electron chi connectivity index (χ0n) is 10.9. The van der Waals surface area contributed by atoms with Crippen LogP contribution in [-0.2, 0) is 14.3 Å². The molecule has 1 atom stereocenters. The molecule has 2 amide bonds. The molecular formula is C11H22N2O3S. The fourth-order valence-corrected chi connectivity index (χ4v) is 1.56. The monoisotopic (exact) mass is 262 g/mol. The van der Waals surface area contributed by atoms with E-state index in [1.165, 1.54) is 6.92 Å². The Kier molecular flexibility index (Phi) is 7.22. The molecule has 0 heterocycles. The summed E-state index contributed by atoms with van der Waals surface area (Å²) in [6.45, 7) is 8.04. The number of thiol groups is 1. The normalized spacial score (nSPS) is 13.0. The molecule has 0 aromatic heterocycles. The Morgan fingerprint density at radius 1 is 1.41 bits per heavy atom. The zero-order chi connectivity index (χ0) is 13.5. The highest BCUT2D eigenvalue weighted by atomic mass is 32.1. The minimum Gasteiger partial charge on any atom is -0.374 e. The van der Waals surface area contributed by atoms with Crippen LogP contribution in [0.25, 0.3) is 0 Å². The number of ether oxygens (including phenoxy) is 1. The molecular weight excluding hydrogens is 240 g/mol. The summed E-state index contributed by atoms with van der Waals surface area (Å²) in [5.74, 6) is -0.230. The Hall–Kier alpha value is -0.750. The molecule has 2 N–H and O–H groups in total. The maximum Gasteiger partial charge on any atom is 0.243 e. The van der Waals surface area contributed by atoms with E-state index >= 15 is 0 Å². The zero-order valence-corrected chi connectivity index (χ0v) is 11.8. The van der Waals surface area contributed by atoms with E-state index in [0.29, 0.717) is 13.2 Å². The highest BCUT2D eigenvalue weighted by Crippen LogP contribution is 2.06. The Balaban J connectivity index is 4.19. The van der Waals surface area contributed by atoms with Gasteiger partial charge in [0.15, 0.2) is 0 Å². The topological polar surface area (TPSA) is 67.4 Å². The summed E-state index contributed by atoms with van der Waals surface area (Å²) in [5, 5.41) is 5.27. The van der Waals surface area contributed by atoms with Crippen LogP contribution in [0.15, 0.2) is 0 Å². The van der Waals surface area contributed by atoms with Crippen LogP contribution in [0.3, 0.4) is 0 Å². The molecule has 100 valence electrons. The average molecular weight is 262 g/mol. The third-order valence-electron chi connectivity index (χ3n) is 2.10. The fraction of sp³-hybridized carbons (Fsp3) is 0.818. The average Bonchev–Trinajstić information content (AvgIpc) is 2.22. The Morgan fingerprint density at radius 2 is 2.00 bits per heavy atom. The maximum absolute atomic E-state index is 11.7. The van der Waals surface area contributed by atoms with Crippen molar-refractivity contribution in [2.24, 2.45) is 0 Å². The summed E-state index contributed by atoms with van der Waals surface area (Å²) < 4.78 is 5.45. The number of nitrogens with one attached hydrogen (secondary N) is 2. The van der Waals surface area contributed by atoms with E-state index in [9.17, 15) is 9.59 Å². The van der Waals surface area contributed by atoms with E-state index in [-0.39, 0.29) is 17.6 Å². The van der Waals surface area contributed by atoms with Crippen molar-refractivity contribution in [2.75, 3.05) is 18.9 Å². The number of hydrogen-bond donors (Lipinski definition) is 3. The van der Waals surface area contributed by atoms with Crippen molar-refractivity contribution >= 4 is 24.4 Å². The van der Waals surface area contributed by atoms with Gasteiger partial charge in [0.25, 0.3) is 0 Å². The number of carbonyl (C=O) groups is 2. The standard InChI is InChI=1S/C11H22N2O3S/c1-5-16-11(3,4)7-12-10(15)9(6-17)13-8(2)14/h9,17H,5-7H2,1-4H3,(H,12,15)(H,13,14). The lowest BCUT2D eigenvalue weighted by molar-refractivity contribution is -0.128. The molecule has 0 aliphatic carbocycles. The van der Waals surface area contributed by atoms with E-state index in [1.54, 1.807) is 0 Å². The molecule has 0 rings (SSSR count). The number of rotatable bonds is 7. The molecule has 0 aliphatic heterocycles. The van der Waals surface area contributed by atoms with Gasteiger partial charge in [0.2, 0.25) is 11.8 Å².